The van der Waals surface area contributed by atoms with Crippen molar-refractivity contribution in [2.24, 2.45) is 5.41 Å². The standard InChI is InChI=1S/C12H16N4O/c17-11-5-12(1-2-12)8-15(11)9-7-14-16-4-3-13-6-10(9)16/h7,13H,1-6,8H2. The van der Waals surface area contributed by atoms with Crippen molar-refractivity contribution in [3.05, 3.63) is 11.9 Å². The first-order valence-corrected chi connectivity index (χ1v) is 6.33. The zero-order chi connectivity index (χ0) is 11.5. The minimum absolute atomic E-state index is 0.281. The zero-order valence-electron chi connectivity index (χ0n) is 9.78. The van der Waals surface area contributed by atoms with E-state index in [9.17, 15) is 4.79 Å². The average molecular weight is 232 g/mol. The number of fused-ring (bicyclic) bond motifs is 1. The van der Waals surface area contributed by atoms with Crippen molar-refractivity contribution in [1.82, 2.24) is 15.1 Å². The number of hydrogen-bond acceptors (Lipinski definition) is 3. The van der Waals surface area contributed by atoms with Gasteiger partial charge in [0, 0.05) is 26.1 Å². The van der Waals surface area contributed by atoms with E-state index in [0.717, 1.165) is 38.3 Å². The van der Waals surface area contributed by atoms with Crippen LogP contribution in [0.1, 0.15) is 25.0 Å². The highest BCUT2D eigenvalue weighted by Crippen LogP contribution is 2.54. The van der Waals surface area contributed by atoms with Gasteiger partial charge < -0.3 is 10.2 Å². The van der Waals surface area contributed by atoms with Gasteiger partial charge in [0.25, 0.3) is 0 Å². The summed E-state index contributed by atoms with van der Waals surface area (Å²) in [5, 5.41) is 7.73. The number of amides is 1. The lowest BCUT2D eigenvalue weighted by atomic mass is 10.1. The molecular weight excluding hydrogens is 216 g/mol. The normalized spacial score (nSPS) is 25.4. The number of carbonyl (C=O) groups excluding carboxylic acids is 1. The number of hydrogen-bond donors (Lipinski definition) is 1. The van der Waals surface area contributed by atoms with Crippen LogP contribution in [0.15, 0.2) is 6.20 Å². The number of rotatable bonds is 1. The summed E-state index contributed by atoms with van der Waals surface area (Å²) >= 11 is 0. The maximum Gasteiger partial charge on any atom is 0.227 e. The molecular formula is C12H16N4O. The summed E-state index contributed by atoms with van der Waals surface area (Å²) in [6.45, 7) is 3.60. The second-order valence-electron chi connectivity index (χ2n) is 5.53. The van der Waals surface area contributed by atoms with Crippen molar-refractivity contribution in [2.75, 3.05) is 18.0 Å². The first kappa shape index (κ1) is 9.65. The van der Waals surface area contributed by atoms with Crippen LogP contribution >= 0.6 is 0 Å². The molecule has 4 rings (SSSR count). The summed E-state index contributed by atoms with van der Waals surface area (Å²) in [6.07, 6.45) is 5.04. The molecule has 0 unspecified atom stereocenters. The van der Waals surface area contributed by atoms with E-state index >= 15 is 0 Å². The van der Waals surface area contributed by atoms with Crippen molar-refractivity contribution in [3.63, 3.8) is 0 Å². The molecule has 2 fully saturated rings. The maximum absolute atomic E-state index is 12.1. The van der Waals surface area contributed by atoms with E-state index in [0.29, 0.717) is 5.41 Å². The quantitative estimate of drug-likeness (QED) is 0.767. The second-order valence-corrected chi connectivity index (χ2v) is 5.53. The average Bonchev–Trinajstić information content (AvgIpc) is 2.83. The predicted molar refractivity (Wildman–Crippen MR) is 62.6 cm³/mol. The summed E-state index contributed by atoms with van der Waals surface area (Å²) in [7, 11) is 0. The fraction of sp³-hybridized carbons (Fsp3) is 0.667. The molecule has 0 atom stereocenters. The van der Waals surface area contributed by atoms with E-state index in [4.69, 9.17) is 0 Å². The van der Waals surface area contributed by atoms with Gasteiger partial charge in [-0.25, -0.2) is 0 Å². The Kier molecular flexibility index (Phi) is 1.76. The topological polar surface area (TPSA) is 50.2 Å². The van der Waals surface area contributed by atoms with Gasteiger partial charge in [0.15, 0.2) is 0 Å². The Morgan fingerprint density at radius 2 is 2.29 bits per heavy atom. The summed E-state index contributed by atoms with van der Waals surface area (Å²) in [5.41, 5.74) is 2.53. The van der Waals surface area contributed by atoms with Crippen LogP contribution in [0.25, 0.3) is 0 Å². The zero-order valence-corrected chi connectivity index (χ0v) is 9.78. The Bertz CT molecular complexity index is 489. The Morgan fingerprint density at radius 1 is 1.41 bits per heavy atom. The van der Waals surface area contributed by atoms with E-state index in [1.807, 2.05) is 15.8 Å². The largest absolute Gasteiger partial charge is 0.309 e. The SMILES string of the molecule is O=C1CC2(CC2)CN1c1cnn2c1CNCC2. The molecule has 1 N–H and O–H groups in total. The van der Waals surface area contributed by atoms with E-state index in [1.54, 1.807) is 0 Å². The maximum atomic E-state index is 12.1. The van der Waals surface area contributed by atoms with Crippen molar-refractivity contribution in [1.29, 1.82) is 0 Å². The van der Waals surface area contributed by atoms with Crippen LogP contribution in [0.4, 0.5) is 5.69 Å². The summed E-state index contributed by atoms with van der Waals surface area (Å²) in [5.74, 6) is 0.281. The van der Waals surface area contributed by atoms with Gasteiger partial charge in [-0.3, -0.25) is 9.48 Å². The van der Waals surface area contributed by atoms with E-state index in [2.05, 4.69) is 10.4 Å². The molecule has 0 radical (unpaired) electrons. The van der Waals surface area contributed by atoms with Crippen LogP contribution in [0, 0.1) is 5.41 Å². The number of nitrogens with zero attached hydrogens (tertiary/aromatic N) is 3. The molecule has 1 amide bonds. The van der Waals surface area contributed by atoms with E-state index < -0.39 is 0 Å². The van der Waals surface area contributed by atoms with Crippen LogP contribution < -0.4 is 10.2 Å². The molecule has 1 spiro atoms. The molecule has 90 valence electrons. The molecule has 3 aliphatic rings. The van der Waals surface area contributed by atoms with Crippen molar-refractivity contribution < 1.29 is 4.79 Å². The predicted octanol–water partition coefficient (Wildman–Crippen LogP) is 0.503. The molecule has 1 aromatic rings. The fourth-order valence-corrected chi connectivity index (χ4v) is 3.02. The third-order valence-corrected chi connectivity index (χ3v) is 4.29. The first-order valence-electron chi connectivity index (χ1n) is 6.33. The van der Waals surface area contributed by atoms with Crippen molar-refractivity contribution in [2.45, 2.75) is 32.4 Å². The monoisotopic (exact) mass is 232 g/mol. The van der Waals surface area contributed by atoms with Gasteiger partial charge >= 0.3 is 0 Å². The van der Waals surface area contributed by atoms with Crippen LogP contribution in [0.2, 0.25) is 0 Å². The highest BCUT2D eigenvalue weighted by molar-refractivity contribution is 5.97. The van der Waals surface area contributed by atoms with Crippen LogP contribution in [-0.2, 0) is 17.9 Å². The number of anilines is 1. The minimum Gasteiger partial charge on any atom is -0.309 e. The fourth-order valence-electron chi connectivity index (χ4n) is 3.02. The number of carbonyl (C=O) groups is 1. The molecule has 5 nitrogen and oxygen atoms in total. The third kappa shape index (κ3) is 1.35. The highest BCUT2D eigenvalue weighted by atomic mass is 16.2. The summed E-state index contributed by atoms with van der Waals surface area (Å²) in [6, 6.07) is 0. The van der Waals surface area contributed by atoms with E-state index in [1.165, 1.54) is 18.5 Å². The molecule has 3 heterocycles. The Morgan fingerprint density at radius 3 is 3.06 bits per heavy atom. The molecule has 1 saturated heterocycles. The molecule has 1 saturated carbocycles. The van der Waals surface area contributed by atoms with Gasteiger partial charge in [-0.1, -0.05) is 0 Å². The van der Waals surface area contributed by atoms with Gasteiger partial charge in [-0.2, -0.15) is 5.10 Å². The van der Waals surface area contributed by atoms with E-state index in [-0.39, 0.29) is 5.91 Å². The lowest BCUT2D eigenvalue weighted by Crippen LogP contribution is -2.31. The van der Waals surface area contributed by atoms with Crippen LogP contribution in [0.5, 0.6) is 0 Å². The first-order chi connectivity index (χ1) is 8.27. The molecule has 0 aromatic carbocycles. The van der Waals surface area contributed by atoms with Crippen molar-refractivity contribution in [3.8, 4) is 0 Å². The van der Waals surface area contributed by atoms with Crippen LogP contribution in [0.3, 0.4) is 0 Å². The molecule has 0 bridgehead atoms. The lowest BCUT2D eigenvalue weighted by Gasteiger charge is -2.20. The lowest BCUT2D eigenvalue weighted by molar-refractivity contribution is -0.117. The third-order valence-electron chi connectivity index (χ3n) is 4.29. The Hall–Kier alpha value is -1.36. The minimum atomic E-state index is 0.281. The molecule has 1 aliphatic carbocycles. The Labute approximate surface area is 99.8 Å². The molecule has 5 heteroatoms. The smallest absolute Gasteiger partial charge is 0.227 e. The number of nitrogens with one attached hydrogen (secondary N) is 1. The van der Waals surface area contributed by atoms with Gasteiger partial charge in [0.05, 0.1) is 24.1 Å². The second kappa shape index (κ2) is 3.10. The van der Waals surface area contributed by atoms with Crippen LogP contribution in [-0.4, -0.2) is 28.8 Å². The highest BCUT2D eigenvalue weighted by Gasteiger charge is 2.52. The molecule has 17 heavy (non-hydrogen) atoms. The van der Waals surface area contributed by atoms with Gasteiger partial charge in [0.2, 0.25) is 5.91 Å². The molecule has 1 aromatic heterocycles. The molecule has 2 aliphatic heterocycles. The van der Waals surface area contributed by atoms with Gasteiger partial charge in [-0.05, 0) is 18.3 Å². The number of aromatic nitrogens is 2. The van der Waals surface area contributed by atoms with Gasteiger partial charge in [0.1, 0.15) is 0 Å². The Balaban J connectivity index is 1.70. The summed E-state index contributed by atoms with van der Waals surface area (Å²) in [4.78, 5) is 14.0. The van der Waals surface area contributed by atoms with Gasteiger partial charge in [-0.15, -0.1) is 0 Å². The summed E-state index contributed by atoms with van der Waals surface area (Å²) < 4.78 is 2.02. The van der Waals surface area contributed by atoms with Crippen molar-refractivity contribution >= 4 is 11.6 Å².